The molecule has 1 rings (SSSR count). The van der Waals surface area contributed by atoms with Crippen LogP contribution in [0, 0.1) is 12.7 Å². The molecule has 0 aliphatic rings. The molecule has 2 N–H and O–H groups in total. The fraction of sp³-hybridized carbons (Fsp3) is 0.500. The molecule has 0 fully saturated rings. The highest BCUT2D eigenvalue weighted by Crippen LogP contribution is 2.10. The molecule has 0 radical (unpaired) electrons. The number of benzene rings is 1. The van der Waals surface area contributed by atoms with Crippen LogP contribution in [0.2, 0.25) is 0 Å². The van der Waals surface area contributed by atoms with Crippen molar-refractivity contribution in [3.05, 3.63) is 35.1 Å². The van der Waals surface area contributed by atoms with Crippen LogP contribution in [0.25, 0.3) is 0 Å². The number of aliphatic imine (C=N–C) groups is 1. The number of carbonyl (C=O) groups excluding carboxylic acids is 1. The molecule has 0 saturated carbocycles. The van der Waals surface area contributed by atoms with E-state index in [0.29, 0.717) is 12.5 Å². The standard InChI is InChI=1S/C16H25FN4O/c1-5-18-16(20-11-15(22)21(3)4)19-9-8-13-6-7-14(17)10-12(13)2/h6-7,10H,5,8-9,11H2,1-4H3,(H2,18,19,20). The summed E-state index contributed by atoms with van der Waals surface area (Å²) < 4.78 is 13.1. The van der Waals surface area contributed by atoms with Gasteiger partial charge < -0.3 is 15.5 Å². The highest BCUT2D eigenvalue weighted by atomic mass is 19.1. The third-order valence-corrected chi connectivity index (χ3v) is 3.21. The summed E-state index contributed by atoms with van der Waals surface area (Å²) in [5, 5.41) is 6.27. The molecule has 6 heteroatoms. The van der Waals surface area contributed by atoms with Gasteiger partial charge in [0.05, 0.1) is 0 Å². The zero-order valence-electron chi connectivity index (χ0n) is 13.7. The van der Waals surface area contributed by atoms with Crippen LogP contribution in [0.4, 0.5) is 4.39 Å². The molecule has 0 aromatic heterocycles. The summed E-state index contributed by atoms with van der Waals surface area (Å²) in [7, 11) is 3.41. The molecule has 0 atom stereocenters. The number of hydrogen-bond donors (Lipinski definition) is 2. The summed E-state index contributed by atoms with van der Waals surface area (Å²) in [5.41, 5.74) is 2.03. The Morgan fingerprint density at radius 1 is 1.32 bits per heavy atom. The molecule has 22 heavy (non-hydrogen) atoms. The van der Waals surface area contributed by atoms with Gasteiger partial charge in [-0.05, 0) is 43.5 Å². The van der Waals surface area contributed by atoms with Crippen LogP contribution in [0.5, 0.6) is 0 Å². The first-order valence-electron chi connectivity index (χ1n) is 7.41. The van der Waals surface area contributed by atoms with Gasteiger partial charge in [-0.1, -0.05) is 6.07 Å². The molecule has 0 spiro atoms. The van der Waals surface area contributed by atoms with E-state index in [-0.39, 0.29) is 18.3 Å². The van der Waals surface area contributed by atoms with Crippen LogP contribution in [-0.2, 0) is 11.2 Å². The zero-order chi connectivity index (χ0) is 16.5. The van der Waals surface area contributed by atoms with Crippen molar-refractivity contribution in [1.29, 1.82) is 0 Å². The number of rotatable bonds is 6. The van der Waals surface area contributed by atoms with Crippen molar-refractivity contribution < 1.29 is 9.18 Å². The van der Waals surface area contributed by atoms with E-state index in [0.717, 1.165) is 24.1 Å². The predicted molar refractivity (Wildman–Crippen MR) is 87.5 cm³/mol. The molecule has 5 nitrogen and oxygen atoms in total. The average molecular weight is 308 g/mol. The van der Waals surface area contributed by atoms with E-state index in [2.05, 4.69) is 15.6 Å². The van der Waals surface area contributed by atoms with Crippen molar-refractivity contribution in [3.8, 4) is 0 Å². The number of amides is 1. The van der Waals surface area contributed by atoms with Crippen LogP contribution < -0.4 is 10.6 Å². The van der Waals surface area contributed by atoms with E-state index in [1.54, 1.807) is 20.2 Å². The van der Waals surface area contributed by atoms with Crippen molar-refractivity contribution in [3.63, 3.8) is 0 Å². The van der Waals surface area contributed by atoms with Gasteiger partial charge in [0.15, 0.2) is 5.96 Å². The first-order chi connectivity index (χ1) is 10.4. The molecule has 1 amide bonds. The summed E-state index contributed by atoms with van der Waals surface area (Å²) in [6.07, 6.45) is 0.762. The molecule has 0 bridgehead atoms. The number of likely N-dealkylation sites (N-methyl/N-ethyl adjacent to an activating group) is 1. The van der Waals surface area contributed by atoms with Crippen LogP contribution in [0.1, 0.15) is 18.1 Å². The number of carbonyl (C=O) groups is 1. The lowest BCUT2D eigenvalue weighted by Crippen LogP contribution is -2.39. The number of hydrogen-bond acceptors (Lipinski definition) is 2. The fourth-order valence-electron chi connectivity index (χ4n) is 1.89. The molecule has 0 saturated heterocycles. The van der Waals surface area contributed by atoms with E-state index in [9.17, 15) is 9.18 Å². The van der Waals surface area contributed by atoms with Gasteiger partial charge in [0.1, 0.15) is 12.4 Å². The molecule has 0 aliphatic carbocycles. The van der Waals surface area contributed by atoms with Crippen LogP contribution >= 0.6 is 0 Å². The third-order valence-electron chi connectivity index (χ3n) is 3.21. The SMILES string of the molecule is CCNC(=NCC(=O)N(C)C)NCCc1ccc(F)cc1C. The van der Waals surface area contributed by atoms with E-state index >= 15 is 0 Å². The Morgan fingerprint density at radius 2 is 2.05 bits per heavy atom. The van der Waals surface area contributed by atoms with Gasteiger partial charge in [0, 0.05) is 27.2 Å². The van der Waals surface area contributed by atoms with Gasteiger partial charge >= 0.3 is 0 Å². The number of nitrogens with one attached hydrogen (secondary N) is 2. The van der Waals surface area contributed by atoms with Gasteiger partial charge in [0.2, 0.25) is 5.91 Å². The second kappa shape index (κ2) is 9.02. The lowest BCUT2D eigenvalue weighted by molar-refractivity contribution is -0.127. The van der Waals surface area contributed by atoms with Crippen molar-refractivity contribution in [2.45, 2.75) is 20.3 Å². The van der Waals surface area contributed by atoms with Crippen molar-refractivity contribution in [2.24, 2.45) is 4.99 Å². The second-order valence-electron chi connectivity index (χ2n) is 5.23. The molecule has 1 aromatic carbocycles. The fourth-order valence-corrected chi connectivity index (χ4v) is 1.89. The van der Waals surface area contributed by atoms with Crippen molar-refractivity contribution in [2.75, 3.05) is 33.7 Å². The molecular formula is C16H25FN4O. The largest absolute Gasteiger partial charge is 0.357 e. The highest BCUT2D eigenvalue weighted by Gasteiger charge is 2.04. The average Bonchev–Trinajstić information content (AvgIpc) is 2.46. The number of nitrogens with zero attached hydrogens (tertiary/aromatic N) is 2. The van der Waals surface area contributed by atoms with Gasteiger partial charge in [-0.2, -0.15) is 0 Å². The Labute approximate surface area is 131 Å². The summed E-state index contributed by atoms with van der Waals surface area (Å²) in [4.78, 5) is 17.3. The van der Waals surface area contributed by atoms with Crippen LogP contribution in [-0.4, -0.2) is 50.5 Å². The number of aryl methyl sites for hydroxylation is 1. The van der Waals surface area contributed by atoms with Gasteiger partial charge in [0.25, 0.3) is 0 Å². The molecule has 0 unspecified atom stereocenters. The lowest BCUT2D eigenvalue weighted by atomic mass is 10.1. The third kappa shape index (κ3) is 6.11. The number of guanidine groups is 1. The quantitative estimate of drug-likeness (QED) is 0.615. The minimum Gasteiger partial charge on any atom is -0.357 e. The Balaban J connectivity index is 2.53. The molecular weight excluding hydrogens is 283 g/mol. The Morgan fingerprint density at radius 3 is 2.64 bits per heavy atom. The summed E-state index contributed by atoms with van der Waals surface area (Å²) in [6.45, 7) is 5.35. The minimum absolute atomic E-state index is 0.0495. The maximum atomic E-state index is 13.1. The topological polar surface area (TPSA) is 56.7 Å². The first kappa shape index (κ1) is 17.9. The van der Waals surface area contributed by atoms with E-state index in [4.69, 9.17) is 0 Å². The van der Waals surface area contributed by atoms with Gasteiger partial charge in [-0.25, -0.2) is 9.38 Å². The van der Waals surface area contributed by atoms with Crippen molar-refractivity contribution in [1.82, 2.24) is 15.5 Å². The molecule has 1 aromatic rings. The van der Waals surface area contributed by atoms with E-state index in [1.165, 1.54) is 17.0 Å². The molecule has 0 aliphatic heterocycles. The van der Waals surface area contributed by atoms with Crippen molar-refractivity contribution >= 4 is 11.9 Å². The maximum absolute atomic E-state index is 13.1. The van der Waals surface area contributed by atoms with Crippen LogP contribution in [0.3, 0.4) is 0 Å². The number of halogens is 1. The Bertz CT molecular complexity index is 529. The Kier molecular flexibility index (Phi) is 7.36. The predicted octanol–water partition coefficient (Wildman–Crippen LogP) is 1.32. The minimum atomic E-state index is -0.216. The highest BCUT2D eigenvalue weighted by molar-refractivity contribution is 5.84. The van der Waals surface area contributed by atoms with Gasteiger partial charge in [-0.15, -0.1) is 0 Å². The summed E-state index contributed by atoms with van der Waals surface area (Å²) in [5.74, 6) is 0.343. The zero-order valence-corrected chi connectivity index (χ0v) is 13.7. The van der Waals surface area contributed by atoms with E-state index < -0.39 is 0 Å². The monoisotopic (exact) mass is 308 g/mol. The second-order valence-corrected chi connectivity index (χ2v) is 5.23. The lowest BCUT2D eigenvalue weighted by Gasteiger charge is -2.13. The van der Waals surface area contributed by atoms with E-state index in [1.807, 2.05) is 13.8 Å². The normalized spacial score (nSPS) is 11.2. The summed E-state index contributed by atoms with van der Waals surface area (Å²) in [6, 6.07) is 4.80. The molecule has 0 heterocycles. The first-order valence-corrected chi connectivity index (χ1v) is 7.41. The summed E-state index contributed by atoms with van der Waals surface area (Å²) >= 11 is 0. The van der Waals surface area contributed by atoms with Crippen LogP contribution in [0.15, 0.2) is 23.2 Å². The smallest absolute Gasteiger partial charge is 0.243 e. The Hall–Kier alpha value is -2.11. The molecule has 122 valence electrons. The maximum Gasteiger partial charge on any atom is 0.243 e. The van der Waals surface area contributed by atoms with Gasteiger partial charge in [-0.3, -0.25) is 4.79 Å².